The van der Waals surface area contributed by atoms with E-state index in [9.17, 15) is 9.59 Å². The Balaban J connectivity index is 1.46. The lowest BCUT2D eigenvalue weighted by molar-refractivity contribution is 0.0940. The molecule has 192 valence electrons. The van der Waals surface area contributed by atoms with Crippen LogP contribution < -0.4 is 16.6 Å². The number of aromatic nitrogens is 8. The van der Waals surface area contributed by atoms with Crippen LogP contribution in [-0.4, -0.2) is 44.8 Å². The highest BCUT2D eigenvalue weighted by molar-refractivity contribution is 6.04. The van der Waals surface area contributed by atoms with Crippen LogP contribution in [-0.2, 0) is 7.05 Å². The number of H-pyrrole nitrogens is 1. The molecule has 0 aliphatic heterocycles. The summed E-state index contributed by atoms with van der Waals surface area (Å²) in [6.07, 6.45) is 8.44. The Hall–Kier alpha value is -5.70. The van der Waals surface area contributed by atoms with Crippen molar-refractivity contribution in [1.29, 1.82) is 0 Å². The minimum Gasteiger partial charge on any atom is -0.398 e. The van der Waals surface area contributed by atoms with Gasteiger partial charge in [0.1, 0.15) is 22.5 Å². The number of rotatable bonds is 4. The first kappa shape index (κ1) is 23.7. The number of benzene rings is 1. The zero-order valence-corrected chi connectivity index (χ0v) is 21.0. The number of hydrogen-bond donors (Lipinski definition) is 3. The van der Waals surface area contributed by atoms with E-state index in [4.69, 9.17) is 5.73 Å². The largest absolute Gasteiger partial charge is 0.398 e. The van der Waals surface area contributed by atoms with Crippen molar-refractivity contribution in [3.63, 3.8) is 0 Å². The molecule has 0 unspecified atom stereocenters. The number of nitrogens with one attached hydrogen (secondary N) is 2. The average Bonchev–Trinajstić information content (AvgIpc) is 3.67. The van der Waals surface area contributed by atoms with Crippen LogP contribution in [0.1, 0.15) is 40.4 Å². The van der Waals surface area contributed by atoms with E-state index < -0.39 is 11.9 Å². The first-order valence-corrected chi connectivity index (χ1v) is 12.0. The Morgan fingerprint density at radius 2 is 1.97 bits per heavy atom. The maximum atomic E-state index is 13.9. The zero-order chi connectivity index (χ0) is 27.1. The lowest BCUT2D eigenvalue weighted by Gasteiger charge is -2.19. The van der Waals surface area contributed by atoms with Gasteiger partial charge in [-0.3, -0.25) is 23.9 Å². The number of carbonyl (C=O) groups is 1. The number of anilines is 1. The molecule has 1 amide bonds. The first-order chi connectivity index (χ1) is 18.9. The van der Waals surface area contributed by atoms with Gasteiger partial charge in [0.2, 0.25) is 0 Å². The fraction of sp³-hybridized carbons (Fsp3) is 0.111. The zero-order valence-electron chi connectivity index (χ0n) is 21.0. The maximum absolute atomic E-state index is 13.9. The van der Waals surface area contributed by atoms with E-state index in [1.54, 1.807) is 72.2 Å². The number of carbonyl (C=O) groups excluding carboxylic acids is 1. The molecule has 12 heteroatoms. The molecule has 5 aromatic heterocycles. The molecule has 0 saturated heterocycles. The summed E-state index contributed by atoms with van der Waals surface area (Å²) in [5, 5.41) is 14.3. The molecule has 12 nitrogen and oxygen atoms in total. The molecule has 0 radical (unpaired) electrons. The molecule has 1 atom stereocenters. The SMILES string of the molecule is C[C@@H](NC(=O)c1c(N)ccn2ccnc12)c1nc2n[nH]c(C#Cc3cnn(C)c3)c2c(=O)n1-c1ccccc1. The smallest absolute Gasteiger partial charge is 0.270 e. The number of aryl methyl sites for hydroxylation is 1. The van der Waals surface area contributed by atoms with E-state index in [1.165, 1.54) is 4.57 Å². The van der Waals surface area contributed by atoms with Gasteiger partial charge in [-0.25, -0.2) is 9.97 Å². The lowest BCUT2D eigenvalue weighted by atomic mass is 10.1. The number of aromatic amines is 1. The van der Waals surface area contributed by atoms with Crippen LogP contribution in [0.5, 0.6) is 0 Å². The summed E-state index contributed by atoms with van der Waals surface area (Å²) >= 11 is 0. The van der Waals surface area contributed by atoms with E-state index in [0.29, 0.717) is 28.4 Å². The normalized spacial score (nSPS) is 11.8. The van der Waals surface area contributed by atoms with Crippen molar-refractivity contribution >= 4 is 28.3 Å². The third kappa shape index (κ3) is 4.17. The monoisotopic (exact) mass is 518 g/mol. The Kier molecular flexibility index (Phi) is 5.65. The summed E-state index contributed by atoms with van der Waals surface area (Å²) in [7, 11) is 1.80. The highest BCUT2D eigenvalue weighted by Crippen LogP contribution is 2.21. The third-order valence-corrected chi connectivity index (χ3v) is 6.22. The van der Waals surface area contributed by atoms with E-state index in [-0.39, 0.29) is 27.8 Å². The standard InChI is InChI=1S/C27H22N10O2/c1-16(31-26(38)21-19(28)10-12-36-13-11-29-25(21)36)24-32-23-22(27(39)37(24)18-6-4-3-5-7-18)20(33-34-23)9-8-17-14-30-35(2)15-17/h3-7,10-16H,28H2,1-2H3,(H,31,38)(H,33,34)/t16-/m1/s1. The fourth-order valence-electron chi connectivity index (χ4n) is 4.38. The minimum atomic E-state index is -0.703. The fourth-order valence-corrected chi connectivity index (χ4v) is 4.38. The van der Waals surface area contributed by atoms with E-state index in [0.717, 1.165) is 0 Å². The second-order valence-electron chi connectivity index (χ2n) is 8.90. The molecule has 0 aliphatic rings. The molecule has 0 fully saturated rings. The number of amides is 1. The van der Waals surface area contributed by atoms with Gasteiger partial charge >= 0.3 is 0 Å². The van der Waals surface area contributed by atoms with E-state index >= 15 is 0 Å². The van der Waals surface area contributed by atoms with Crippen molar-refractivity contribution in [2.24, 2.45) is 7.05 Å². The van der Waals surface area contributed by atoms with Crippen LogP contribution in [0.4, 0.5) is 5.69 Å². The molecule has 0 spiro atoms. The van der Waals surface area contributed by atoms with Gasteiger partial charge in [0.25, 0.3) is 11.5 Å². The van der Waals surface area contributed by atoms with Crippen molar-refractivity contribution in [2.75, 3.05) is 5.73 Å². The van der Waals surface area contributed by atoms with Crippen LogP contribution >= 0.6 is 0 Å². The molecular weight excluding hydrogens is 496 g/mol. The Bertz CT molecular complexity index is 1990. The van der Waals surface area contributed by atoms with Crippen LogP contribution in [0.3, 0.4) is 0 Å². The van der Waals surface area contributed by atoms with Crippen molar-refractivity contribution < 1.29 is 4.79 Å². The summed E-state index contributed by atoms with van der Waals surface area (Å²) in [5.74, 6) is 5.80. The summed E-state index contributed by atoms with van der Waals surface area (Å²) in [6, 6.07) is 9.99. The number of nitrogen functional groups attached to an aromatic ring is 1. The summed E-state index contributed by atoms with van der Waals surface area (Å²) < 4.78 is 4.80. The molecule has 6 rings (SSSR count). The molecule has 0 bridgehead atoms. The highest BCUT2D eigenvalue weighted by atomic mass is 16.2. The van der Waals surface area contributed by atoms with Gasteiger partial charge in [-0.15, -0.1) is 0 Å². The Morgan fingerprint density at radius 1 is 1.15 bits per heavy atom. The van der Waals surface area contributed by atoms with Crippen LogP contribution in [0.25, 0.3) is 22.4 Å². The van der Waals surface area contributed by atoms with Gasteiger partial charge in [0, 0.05) is 37.5 Å². The summed E-state index contributed by atoms with van der Waals surface area (Å²) in [6.45, 7) is 1.74. The third-order valence-electron chi connectivity index (χ3n) is 6.22. The molecule has 6 aromatic rings. The number of pyridine rings is 1. The quantitative estimate of drug-likeness (QED) is 0.302. The topological polar surface area (TPSA) is 154 Å². The van der Waals surface area contributed by atoms with Gasteiger partial charge in [-0.05, 0) is 31.0 Å². The maximum Gasteiger partial charge on any atom is 0.270 e. The number of fused-ring (bicyclic) bond motifs is 2. The number of nitrogens with two attached hydrogens (primary N) is 1. The second-order valence-corrected chi connectivity index (χ2v) is 8.90. The van der Waals surface area contributed by atoms with Crippen molar-refractivity contribution in [3.8, 4) is 17.5 Å². The minimum absolute atomic E-state index is 0.189. The molecule has 1 aromatic carbocycles. The van der Waals surface area contributed by atoms with Crippen molar-refractivity contribution in [3.05, 3.63) is 100 Å². The van der Waals surface area contributed by atoms with Crippen LogP contribution in [0.15, 0.2) is 72.2 Å². The van der Waals surface area contributed by atoms with Gasteiger partial charge < -0.3 is 15.5 Å². The molecule has 4 N–H and O–H groups in total. The Morgan fingerprint density at radius 3 is 2.74 bits per heavy atom. The lowest BCUT2D eigenvalue weighted by Crippen LogP contribution is -2.33. The van der Waals surface area contributed by atoms with Crippen molar-refractivity contribution in [2.45, 2.75) is 13.0 Å². The van der Waals surface area contributed by atoms with Crippen molar-refractivity contribution in [1.82, 2.24) is 44.2 Å². The van der Waals surface area contributed by atoms with Gasteiger partial charge in [-0.1, -0.05) is 24.1 Å². The molecule has 39 heavy (non-hydrogen) atoms. The molecule has 0 saturated carbocycles. The van der Waals surface area contributed by atoms with E-state index in [1.807, 2.05) is 18.2 Å². The predicted molar refractivity (Wildman–Crippen MR) is 144 cm³/mol. The Labute approximate surface area is 221 Å². The first-order valence-electron chi connectivity index (χ1n) is 12.0. The number of hydrogen-bond acceptors (Lipinski definition) is 7. The highest BCUT2D eigenvalue weighted by Gasteiger charge is 2.24. The van der Waals surface area contributed by atoms with Gasteiger partial charge in [-0.2, -0.15) is 10.2 Å². The van der Waals surface area contributed by atoms with Crippen LogP contribution in [0, 0.1) is 11.8 Å². The van der Waals surface area contributed by atoms with Gasteiger partial charge in [0.15, 0.2) is 11.3 Å². The molecule has 0 aliphatic carbocycles. The summed E-state index contributed by atoms with van der Waals surface area (Å²) in [4.78, 5) is 36.3. The predicted octanol–water partition coefficient (Wildman–Crippen LogP) is 1.96. The van der Waals surface area contributed by atoms with Crippen LogP contribution in [0.2, 0.25) is 0 Å². The number of para-hydroxylation sites is 1. The second kappa shape index (κ2) is 9.31. The number of nitrogens with zero attached hydrogens (tertiary/aromatic N) is 7. The number of imidazole rings is 1. The molecule has 5 heterocycles. The van der Waals surface area contributed by atoms with Gasteiger partial charge in [0.05, 0.1) is 23.5 Å². The average molecular weight is 519 g/mol. The molecular formula is C27H22N10O2. The van der Waals surface area contributed by atoms with E-state index in [2.05, 4.69) is 42.4 Å². The summed E-state index contributed by atoms with van der Waals surface area (Å²) in [5.41, 5.74) is 8.49.